The number of aliphatic hydroxyl groups excluding tert-OH is 2. The molecule has 1 aromatic heterocycles. The van der Waals surface area contributed by atoms with Crippen molar-refractivity contribution in [2.75, 3.05) is 6.61 Å². The number of hydrogen-bond acceptors (Lipinski definition) is 5. The standard InChI is InChI=1S/C11H16N2O5/c1-6-9(16)7(5-14)18-11(6,2)13-4-3-8(15)12-10(13)17/h3-4,6-7,9,14,16H,5H2,1-2H3,(H,12,15,17)/t6-,7+,9-,11+/m0/s1. The predicted octanol–water partition coefficient (Wildman–Crippen LogP) is -1.40. The van der Waals surface area contributed by atoms with Gasteiger partial charge in [-0.3, -0.25) is 14.3 Å². The van der Waals surface area contributed by atoms with Crippen LogP contribution in [0.1, 0.15) is 13.8 Å². The summed E-state index contributed by atoms with van der Waals surface area (Å²) in [5.74, 6) is -0.404. The van der Waals surface area contributed by atoms with Gasteiger partial charge in [-0.1, -0.05) is 6.92 Å². The molecule has 3 N–H and O–H groups in total. The van der Waals surface area contributed by atoms with Crippen LogP contribution in [0.25, 0.3) is 0 Å². The average molecular weight is 256 g/mol. The van der Waals surface area contributed by atoms with Gasteiger partial charge in [0.2, 0.25) is 0 Å². The number of aromatic nitrogens is 2. The van der Waals surface area contributed by atoms with Crippen LogP contribution < -0.4 is 11.2 Å². The monoisotopic (exact) mass is 256 g/mol. The van der Waals surface area contributed by atoms with E-state index in [1.165, 1.54) is 16.8 Å². The van der Waals surface area contributed by atoms with E-state index in [2.05, 4.69) is 4.98 Å². The van der Waals surface area contributed by atoms with E-state index in [0.29, 0.717) is 0 Å². The summed E-state index contributed by atoms with van der Waals surface area (Å²) in [6, 6.07) is 1.21. The minimum absolute atomic E-state index is 0.334. The molecule has 1 aliphatic heterocycles. The first kappa shape index (κ1) is 13.0. The molecule has 1 aliphatic rings. The lowest BCUT2D eigenvalue weighted by atomic mass is 9.94. The number of aliphatic hydroxyl groups is 2. The van der Waals surface area contributed by atoms with Gasteiger partial charge in [0.05, 0.1) is 12.7 Å². The van der Waals surface area contributed by atoms with Crippen molar-refractivity contribution in [3.63, 3.8) is 0 Å². The molecule has 7 heteroatoms. The third kappa shape index (κ3) is 1.80. The number of H-pyrrole nitrogens is 1. The summed E-state index contributed by atoms with van der Waals surface area (Å²) >= 11 is 0. The molecular weight excluding hydrogens is 240 g/mol. The molecule has 0 unspecified atom stereocenters. The van der Waals surface area contributed by atoms with Gasteiger partial charge >= 0.3 is 5.69 Å². The predicted molar refractivity (Wildman–Crippen MR) is 62.1 cm³/mol. The molecular formula is C11H16N2O5. The maximum absolute atomic E-state index is 11.8. The molecule has 0 amide bonds. The van der Waals surface area contributed by atoms with E-state index in [4.69, 9.17) is 9.84 Å². The van der Waals surface area contributed by atoms with Crippen LogP contribution in [0.2, 0.25) is 0 Å². The summed E-state index contributed by atoms with van der Waals surface area (Å²) < 4.78 is 6.79. The second-order valence-corrected chi connectivity index (χ2v) is 4.65. The Morgan fingerprint density at radius 2 is 2.22 bits per heavy atom. The number of hydrogen-bond donors (Lipinski definition) is 3. The van der Waals surface area contributed by atoms with Crippen molar-refractivity contribution in [3.8, 4) is 0 Å². The highest BCUT2D eigenvalue weighted by atomic mass is 16.6. The van der Waals surface area contributed by atoms with Gasteiger partial charge in [0.25, 0.3) is 5.56 Å². The summed E-state index contributed by atoms with van der Waals surface area (Å²) in [6.45, 7) is 3.02. The summed E-state index contributed by atoms with van der Waals surface area (Å²) in [5, 5.41) is 19.0. The zero-order chi connectivity index (χ0) is 13.5. The van der Waals surface area contributed by atoms with Crippen molar-refractivity contribution in [1.29, 1.82) is 0 Å². The normalized spacial score (nSPS) is 35.9. The van der Waals surface area contributed by atoms with Gasteiger partial charge in [-0.05, 0) is 6.92 Å². The first-order chi connectivity index (χ1) is 8.40. The van der Waals surface area contributed by atoms with Gasteiger partial charge in [0.15, 0.2) is 5.72 Å². The lowest BCUT2D eigenvalue weighted by Crippen LogP contribution is -2.45. The molecule has 4 atom stereocenters. The fourth-order valence-corrected chi connectivity index (χ4v) is 2.31. The summed E-state index contributed by atoms with van der Waals surface area (Å²) in [5.41, 5.74) is -2.21. The van der Waals surface area contributed by atoms with E-state index < -0.39 is 35.1 Å². The Balaban J connectivity index is 2.49. The fourth-order valence-electron chi connectivity index (χ4n) is 2.31. The van der Waals surface area contributed by atoms with Gasteiger partial charge in [0, 0.05) is 18.2 Å². The molecule has 1 saturated heterocycles. The lowest BCUT2D eigenvalue weighted by molar-refractivity contribution is -0.118. The molecule has 0 aromatic carbocycles. The highest BCUT2D eigenvalue weighted by Gasteiger charge is 2.50. The van der Waals surface area contributed by atoms with Crippen LogP contribution in [-0.4, -0.2) is 38.6 Å². The largest absolute Gasteiger partial charge is 0.394 e. The second kappa shape index (κ2) is 4.34. The van der Waals surface area contributed by atoms with E-state index in [1.54, 1.807) is 13.8 Å². The number of nitrogens with one attached hydrogen (secondary N) is 1. The molecule has 0 bridgehead atoms. The molecule has 7 nitrogen and oxygen atoms in total. The van der Waals surface area contributed by atoms with Crippen LogP contribution in [0, 0.1) is 5.92 Å². The van der Waals surface area contributed by atoms with Crippen molar-refractivity contribution in [2.24, 2.45) is 5.92 Å². The van der Waals surface area contributed by atoms with Crippen LogP contribution in [0.5, 0.6) is 0 Å². The van der Waals surface area contributed by atoms with Crippen LogP contribution >= 0.6 is 0 Å². The lowest BCUT2D eigenvalue weighted by Gasteiger charge is -2.30. The second-order valence-electron chi connectivity index (χ2n) is 4.65. The fraction of sp³-hybridized carbons (Fsp3) is 0.636. The van der Waals surface area contributed by atoms with Gasteiger partial charge in [0.1, 0.15) is 6.10 Å². The highest BCUT2D eigenvalue weighted by molar-refractivity contribution is 4.97. The molecule has 2 rings (SSSR count). The SMILES string of the molecule is C[C@H]1[C@H](O)[C@@H](CO)O[C@@]1(C)n1ccc(=O)[nH]c1=O. The Labute approximate surface area is 103 Å². The number of aromatic amines is 1. The van der Waals surface area contributed by atoms with E-state index in [0.717, 1.165) is 0 Å². The van der Waals surface area contributed by atoms with Crippen molar-refractivity contribution in [3.05, 3.63) is 33.1 Å². The molecule has 1 fully saturated rings. The van der Waals surface area contributed by atoms with Crippen LogP contribution in [0.4, 0.5) is 0 Å². The minimum Gasteiger partial charge on any atom is -0.394 e. The zero-order valence-electron chi connectivity index (χ0n) is 10.2. The minimum atomic E-state index is -1.10. The molecule has 0 radical (unpaired) electrons. The quantitative estimate of drug-likeness (QED) is 0.603. The first-order valence-electron chi connectivity index (χ1n) is 5.69. The third-order valence-electron chi connectivity index (χ3n) is 3.61. The van der Waals surface area contributed by atoms with Crippen LogP contribution in [-0.2, 0) is 10.5 Å². The Morgan fingerprint density at radius 3 is 2.72 bits per heavy atom. The summed E-state index contributed by atoms with van der Waals surface area (Å²) in [6.07, 6.45) is -0.299. The maximum atomic E-state index is 11.8. The smallest absolute Gasteiger partial charge is 0.330 e. The van der Waals surface area contributed by atoms with Crippen molar-refractivity contribution in [2.45, 2.75) is 31.8 Å². The Bertz CT molecular complexity index is 551. The third-order valence-corrected chi connectivity index (χ3v) is 3.61. The van der Waals surface area contributed by atoms with Crippen LogP contribution in [0.15, 0.2) is 21.9 Å². The molecule has 0 saturated carbocycles. The van der Waals surface area contributed by atoms with E-state index in [9.17, 15) is 14.7 Å². The summed E-state index contributed by atoms with van der Waals surface area (Å²) in [4.78, 5) is 24.9. The van der Waals surface area contributed by atoms with E-state index in [-0.39, 0.29) is 6.61 Å². The number of ether oxygens (including phenoxy) is 1. The van der Waals surface area contributed by atoms with Gasteiger partial charge in [-0.2, -0.15) is 0 Å². The highest BCUT2D eigenvalue weighted by Crippen LogP contribution is 2.38. The number of rotatable bonds is 2. The molecule has 2 heterocycles. The first-order valence-corrected chi connectivity index (χ1v) is 5.69. The van der Waals surface area contributed by atoms with Crippen LogP contribution in [0.3, 0.4) is 0 Å². The number of nitrogens with zero attached hydrogens (tertiary/aromatic N) is 1. The Kier molecular flexibility index (Phi) is 3.14. The van der Waals surface area contributed by atoms with Gasteiger partial charge < -0.3 is 14.9 Å². The van der Waals surface area contributed by atoms with Crippen molar-refractivity contribution < 1.29 is 14.9 Å². The molecule has 0 aliphatic carbocycles. The van der Waals surface area contributed by atoms with E-state index in [1.807, 2.05) is 0 Å². The molecule has 1 aromatic rings. The Morgan fingerprint density at radius 1 is 1.56 bits per heavy atom. The maximum Gasteiger partial charge on any atom is 0.330 e. The molecule has 100 valence electrons. The van der Waals surface area contributed by atoms with Crippen molar-refractivity contribution >= 4 is 0 Å². The average Bonchev–Trinajstić information content (AvgIpc) is 2.54. The zero-order valence-corrected chi connectivity index (χ0v) is 10.2. The molecule has 18 heavy (non-hydrogen) atoms. The summed E-state index contributed by atoms with van der Waals surface area (Å²) in [7, 11) is 0. The van der Waals surface area contributed by atoms with Crippen molar-refractivity contribution in [1.82, 2.24) is 9.55 Å². The van der Waals surface area contributed by atoms with Gasteiger partial charge in [-0.15, -0.1) is 0 Å². The topological polar surface area (TPSA) is 105 Å². The Hall–Kier alpha value is -1.44. The van der Waals surface area contributed by atoms with Gasteiger partial charge in [-0.25, -0.2) is 4.79 Å². The van der Waals surface area contributed by atoms with E-state index >= 15 is 0 Å². The molecule has 0 spiro atoms.